The topological polar surface area (TPSA) is 55.5 Å². The van der Waals surface area contributed by atoms with Crippen LogP contribution in [0.4, 0.5) is 0 Å². The third-order valence-electron chi connectivity index (χ3n) is 2.17. The van der Waals surface area contributed by atoms with Gasteiger partial charge in [0.25, 0.3) is 0 Å². The van der Waals surface area contributed by atoms with Gasteiger partial charge in [-0.1, -0.05) is 0 Å². The first-order chi connectivity index (χ1) is 5.77. The number of fused-ring (bicyclic) bond motifs is 1. The SMILES string of the molecule is NC(=O)C1CC2CN=CC=C2S1. The standard InChI is InChI=1S/C8H10N2OS/c9-8(11)7-3-5-4-10-2-1-6(5)12-7/h1-2,5,7H,3-4H2,(H2,9,11). The molecule has 12 heavy (non-hydrogen) atoms. The van der Waals surface area contributed by atoms with Gasteiger partial charge < -0.3 is 5.73 Å². The molecule has 2 unspecified atom stereocenters. The number of nitrogens with two attached hydrogens (primary N) is 1. The van der Waals surface area contributed by atoms with Crippen LogP contribution < -0.4 is 5.73 Å². The van der Waals surface area contributed by atoms with E-state index in [1.165, 1.54) is 4.91 Å². The Morgan fingerprint density at radius 1 is 1.75 bits per heavy atom. The molecule has 3 nitrogen and oxygen atoms in total. The molecular weight excluding hydrogens is 172 g/mol. The number of hydrogen-bond donors (Lipinski definition) is 1. The van der Waals surface area contributed by atoms with Gasteiger partial charge in [0, 0.05) is 18.7 Å². The Morgan fingerprint density at radius 2 is 2.58 bits per heavy atom. The van der Waals surface area contributed by atoms with E-state index in [-0.39, 0.29) is 11.2 Å². The van der Waals surface area contributed by atoms with Gasteiger partial charge in [-0.15, -0.1) is 11.8 Å². The number of thioether (sulfide) groups is 1. The zero-order chi connectivity index (χ0) is 8.55. The molecule has 0 radical (unpaired) electrons. The lowest BCUT2D eigenvalue weighted by molar-refractivity contribution is -0.117. The Kier molecular flexibility index (Phi) is 1.92. The summed E-state index contributed by atoms with van der Waals surface area (Å²) in [7, 11) is 0. The summed E-state index contributed by atoms with van der Waals surface area (Å²) in [5, 5.41) is -0.0250. The van der Waals surface area contributed by atoms with Crippen LogP contribution in [-0.2, 0) is 4.79 Å². The Labute approximate surface area is 75.1 Å². The summed E-state index contributed by atoms with van der Waals surface area (Å²) in [5.74, 6) is 0.257. The summed E-state index contributed by atoms with van der Waals surface area (Å²) >= 11 is 1.60. The molecule has 1 saturated heterocycles. The molecule has 0 aliphatic carbocycles. The average molecular weight is 182 g/mol. The van der Waals surface area contributed by atoms with E-state index in [4.69, 9.17) is 5.73 Å². The van der Waals surface area contributed by atoms with Gasteiger partial charge in [0.1, 0.15) is 0 Å². The van der Waals surface area contributed by atoms with Crippen molar-refractivity contribution in [3.63, 3.8) is 0 Å². The first kappa shape index (κ1) is 7.86. The van der Waals surface area contributed by atoms with E-state index >= 15 is 0 Å². The summed E-state index contributed by atoms with van der Waals surface area (Å²) in [6.45, 7) is 0.822. The van der Waals surface area contributed by atoms with Crippen LogP contribution in [0.5, 0.6) is 0 Å². The zero-order valence-electron chi connectivity index (χ0n) is 6.56. The number of amides is 1. The molecule has 2 rings (SSSR count). The van der Waals surface area contributed by atoms with Gasteiger partial charge in [0.05, 0.1) is 5.25 Å². The van der Waals surface area contributed by atoms with Crippen molar-refractivity contribution < 1.29 is 4.79 Å². The molecule has 0 aromatic heterocycles. The van der Waals surface area contributed by atoms with Crippen LogP contribution in [0.2, 0.25) is 0 Å². The van der Waals surface area contributed by atoms with Crippen molar-refractivity contribution in [3.05, 3.63) is 11.0 Å². The predicted molar refractivity (Wildman–Crippen MR) is 50.1 cm³/mol. The maximum Gasteiger partial charge on any atom is 0.230 e. The van der Waals surface area contributed by atoms with Crippen LogP contribution in [0.15, 0.2) is 16.0 Å². The van der Waals surface area contributed by atoms with E-state index in [0.717, 1.165) is 13.0 Å². The second-order valence-electron chi connectivity index (χ2n) is 3.02. The first-order valence-electron chi connectivity index (χ1n) is 3.93. The molecule has 64 valence electrons. The number of primary amides is 1. The fourth-order valence-electron chi connectivity index (χ4n) is 1.51. The van der Waals surface area contributed by atoms with Gasteiger partial charge in [-0.05, 0) is 17.4 Å². The molecule has 0 aromatic rings. The first-order valence-corrected chi connectivity index (χ1v) is 4.81. The van der Waals surface area contributed by atoms with Crippen molar-refractivity contribution in [2.45, 2.75) is 11.7 Å². The number of rotatable bonds is 1. The lowest BCUT2D eigenvalue weighted by atomic mass is 10.0. The van der Waals surface area contributed by atoms with Gasteiger partial charge in [-0.3, -0.25) is 9.79 Å². The lowest BCUT2D eigenvalue weighted by Crippen LogP contribution is -2.24. The molecule has 2 aliphatic heterocycles. The monoisotopic (exact) mass is 182 g/mol. The van der Waals surface area contributed by atoms with Crippen LogP contribution in [0, 0.1) is 5.92 Å². The normalized spacial score (nSPS) is 32.8. The van der Waals surface area contributed by atoms with E-state index in [9.17, 15) is 4.79 Å². The maximum absolute atomic E-state index is 10.9. The summed E-state index contributed by atoms with van der Waals surface area (Å²) in [6.07, 6.45) is 4.66. The summed E-state index contributed by atoms with van der Waals surface area (Å²) in [6, 6.07) is 0. The average Bonchev–Trinajstić information content (AvgIpc) is 2.46. The van der Waals surface area contributed by atoms with E-state index in [2.05, 4.69) is 4.99 Å². The summed E-state index contributed by atoms with van der Waals surface area (Å²) in [5.41, 5.74) is 5.22. The van der Waals surface area contributed by atoms with Gasteiger partial charge in [-0.25, -0.2) is 0 Å². The fraction of sp³-hybridized carbons (Fsp3) is 0.500. The fourth-order valence-corrected chi connectivity index (χ4v) is 2.79. The number of aliphatic imine (C=N–C) groups is 1. The number of hydrogen-bond acceptors (Lipinski definition) is 3. The highest BCUT2D eigenvalue weighted by Gasteiger charge is 2.33. The minimum absolute atomic E-state index is 0.0250. The van der Waals surface area contributed by atoms with Crippen LogP contribution in [-0.4, -0.2) is 23.9 Å². The van der Waals surface area contributed by atoms with Crippen molar-refractivity contribution in [1.82, 2.24) is 0 Å². The molecular formula is C8H10N2OS. The van der Waals surface area contributed by atoms with Crippen molar-refractivity contribution in [3.8, 4) is 0 Å². The minimum atomic E-state index is -0.199. The second-order valence-corrected chi connectivity index (χ2v) is 4.30. The largest absolute Gasteiger partial charge is 0.369 e. The molecule has 1 fully saturated rings. The van der Waals surface area contributed by atoms with E-state index in [1.54, 1.807) is 11.8 Å². The predicted octanol–water partition coefficient (Wildman–Crippen LogP) is 0.562. The third-order valence-corrected chi connectivity index (χ3v) is 3.62. The smallest absolute Gasteiger partial charge is 0.230 e. The minimum Gasteiger partial charge on any atom is -0.369 e. The van der Waals surface area contributed by atoms with Crippen molar-refractivity contribution in [2.24, 2.45) is 16.6 Å². The zero-order valence-corrected chi connectivity index (χ0v) is 7.38. The number of dihydropyridines is 1. The molecule has 0 aromatic carbocycles. The van der Waals surface area contributed by atoms with Crippen molar-refractivity contribution in [2.75, 3.05) is 6.54 Å². The second kappa shape index (κ2) is 2.94. The van der Waals surface area contributed by atoms with Gasteiger partial charge in [0.2, 0.25) is 5.91 Å². The Hall–Kier alpha value is -0.770. The van der Waals surface area contributed by atoms with Crippen LogP contribution in [0.1, 0.15) is 6.42 Å². The maximum atomic E-state index is 10.9. The van der Waals surface area contributed by atoms with Crippen molar-refractivity contribution in [1.29, 1.82) is 0 Å². The Balaban J connectivity index is 2.12. The quantitative estimate of drug-likeness (QED) is 0.644. The Morgan fingerprint density at radius 3 is 3.25 bits per heavy atom. The summed E-state index contributed by atoms with van der Waals surface area (Å²) in [4.78, 5) is 16.3. The number of allylic oxidation sites excluding steroid dienone is 1. The molecule has 2 atom stereocenters. The highest BCUT2D eigenvalue weighted by Crippen LogP contribution is 2.42. The molecule has 0 spiro atoms. The molecule has 0 bridgehead atoms. The number of carbonyl (C=O) groups excluding carboxylic acids is 1. The number of carbonyl (C=O) groups is 1. The molecule has 2 aliphatic rings. The molecule has 1 amide bonds. The molecule has 0 saturated carbocycles. The van der Waals surface area contributed by atoms with Crippen LogP contribution in [0.3, 0.4) is 0 Å². The van der Waals surface area contributed by atoms with Crippen LogP contribution in [0.25, 0.3) is 0 Å². The van der Waals surface area contributed by atoms with Gasteiger partial charge in [-0.2, -0.15) is 0 Å². The van der Waals surface area contributed by atoms with Gasteiger partial charge in [0.15, 0.2) is 0 Å². The van der Waals surface area contributed by atoms with Crippen LogP contribution >= 0.6 is 11.8 Å². The highest BCUT2D eigenvalue weighted by atomic mass is 32.2. The highest BCUT2D eigenvalue weighted by molar-refractivity contribution is 8.04. The molecule has 2 N–H and O–H groups in total. The van der Waals surface area contributed by atoms with E-state index < -0.39 is 0 Å². The lowest BCUT2D eigenvalue weighted by Gasteiger charge is -2.09. The summed E-state index contributed by atoms with van der Waals surface area (Å²) < 4.78 is 0. The molecule has 2 heterocycles. The van der Waals surface area contributed by atoms with Gasteiger partial charge >= 0.3 is 0 Å². The number of nitrogens with zero attached hydrogens (tertiary/aromatic N) is 1. The molecule has 4 heteroatoms. The third kappa shape index (κ3) is 1.27. The van der Waals surface area contributed by atoms with Crippen molar-refractivity contribution >= 4 is 23.9 Å². The van der Waals surface area contributed by atoms with E-state index in [1.807, 2.05) is 12.3 Å². The Bertz CT molecular complexity index is 272. The van der Waals surface area contributed by atoms with E-state index in [0.29, 0.717) is 5.92 Å².